The Morgan fingerprint density at radius 3 is 2.14 bits per heavy atom. The molecule has 0 amide bonds. The molecule has 0 unspecified atom stereocenters. The Morgan fingerprint density at radius 2 is 1.76 bits per heavy atom. The number of sulfone groups is 1. The van der Waals surface area contributed by atoms with Crippen LogP contribution in [0.25, 0.3) is 0 Å². The average Bonchev–Trinajstić information content (AvgIpc) is 2.77. The molecule has 0 fully saturated rings. The average molecular weight is 332 g/mol. The SMILES string of the molecule is CCN(CC)c1sc(C(=O)C(C)C)c(N)c1S(=O)(=O)CC. The second-order valence-electron chi connectivity index (χ2n) is 5.07. The van der Waals surface area contributed by atoms with Crippen molar-refractivity contribution in [3.05, 3.63) is 4.88 Å². The van der Waals surface area contributed by atoms with Crippen LogP contribution in [0.5, 0.6) is 0 Å². The number of Topliss-reactive ketones (excluding diaryl/α,β-unsaturated/α-hetero) is 1. The minimum Gasteiger partial charge on any atom is -0.396 e. The Labute approximate surface area is 131 Å². The van der Waals surface area contributed by atoms with E-state index in [2.05, 4.69) is 0 Å². The van der Waals surface area contributed by atoms with E-state index < -0.39 is 9.84 Å². The second-order valence-corrected chi connectivity index (χ2v) is 8.29. The first kappa shape index (κ1) is 18.0. The van der Waals surface area contributed by atoms with Gasteiger partial charge < -0.3 is 10.6 Å². The van der Waals surface area contributed by atoms with Crippen molar-refractivity contribution >= 4 is 37.6 Å². The summed E-state index contributed by atoms with van der Waals surface area (Å²) < 4.78 is 24.7. The lowest BCUT2D eigenvalue weighted by Gasteiger charge is -2.20. The van der Waals surface area contributed by atoms with Crippen LogP contribution in [0, 0.1) is 5.92 Å². The van der Waals surface area contributed by atoms with Crippen LogP contribution < -0.4 is 10.6 Å². The van der Waals surface area contributed by atoms with Crippen molar-refractivity contribution in [3.63, 3.8) is 0 Å². The Bertz CT molecular complexity index is 614. The van der Waals surface area contributed by atoms with E-state index in [4.69, 9.17) is 5.73 Å². The number of nitrogens with two attached hydrogens (primary N) is 1. The van der Waals surface area contributed by atoms with E-state index in [1.54, 1.807) is 20.8 Å². The highest BCUT2D eigenvalue weighted by atomic mass is 32.2. The fourth-order valence-electron chi connectivity index (χ4n) is 2.03. The fourth-order valence-corrected chi connectivity index (χ4v) is 5.05. The number of rotatable bonds is 7. The number of hydrogen-bond donors (Lipinski definition) is 1. The molecule has 0 radical (unpaired) electrons. The van der Waals surface area contributed by atoms with Crippen LogP contribution in [0.3, 0.4) is 0 Å². The zero-order valence-corrected chi connectivity index (χ0v) is 14.9. The molecule has 0 spiro atoms. The van der Waals surface area contributed by atoms with E-state index >= 15 is 0 Å². The Morgan fingerprint density at radius 1 is 1.24 bits per heavy atom. The molecule has 120 valence electrons. The monoisotopic (exact) mass is 332 g/mol. The fraction of sp³-hybridized carbons (Fsp3) is 0.643. The van der Waals surface area contributed by atoms with Gasteiger partial charge >= 0.3 is 0 Å². The number of nitrogen functional groups attached to an aromatic ring is 1. The van der Waals surface area contributed by atoms with Gasteiger partial charge in [0, 0.05) is 19.0 Å². The van der Waals surface area contributed by atoms with Gasteiger partial charge in [-0.25, -0.2) is 8.42 Å². The van der Waals surface area contributed by atoms with Crippen molar-refractivity contribution in [1.29, 1.82) is 0 Å². The van der Waals surface area contributed by atoms with Crippen molar-refractivity contribution in [3.8, 4) is 0 Å². The molecule has 1 aromatic heterocycles. The highest BCUT2D eigenvalue weighted by Gasteiger charge is 2.31. The van der Waals surface area contributed by atoms with E-state index in [-0.39, 0.29) is 28.0 Å². The molecule has 0 atom stereocenters. The molecule has 1 rings (SSSR count). The number of hydrogen-bond acceptors (Lipinski definition) is 6. The molecule has 7 heteroatoms. The van der Waals surface area contributed by atoms with Crippen molar-refractivity contribution in [2.75, 3.05) is 29.5 Å². The van der Waals surface area contributed by atoms with Gasteiger partial charge in [0.2, 0.25) is 0 Å². The molecular weight excluding hydrogens is 308 g/mol. The van der Waals surface area contributed by atoms with Gasteiger partial charge in [-0.05, 0) is 13.8 Å². The summed E-state index contributed by atoms with van der Waals surface area (Å²) in [6.45, 7) is 10.4. The van der Waals surface area contributed by atoms with Crippen LogP contribution in [0.1, 0.15) is 44.3 Å². The van der Waals surface area contributed by atoms with Crippen molar-refractivity contribution in [2.45, 2.75) is 39.5 Å². The molecule has 1 heterocycles. The Balaban J connectivity index is 3.63. The van der Waals surface area contributed by atoms with E-state index in [9.17, 15) is 13.2 Å². The molecule has 0 saturated heterocycles. The number of nitrogens with zero attached hydrogens (tertiary/aromatic N) is 1. The Hall–Kier alpha value is -1.08. The highest BCUT2D eigenvalue weighted by Crippen LogP contribution is 2.42. The summed E-state index contributed by atoms with van der Waals surface area (Å²) in [5, 5.41) is 0.586. The number of carbonyl (C=O) groups excluding carboxylic acids is 1. The first-order valence-corrected chi connectivity index (χ1v) is 9.62. The van der Waals surface area contributed by atoms with Crippen molar-refractivity contribution < 1.29 is 13.2 Å². The summed E-state index contributed by atoms with van der Waals surface area (Å²) in [6.07, 6.45) is 0. The van der Waals surface area contributed by atoms with E-state index in [0.717, 1.165) is 0 Å². The minimum absolute atomic E-state index is 0.0302. The molecule has 2 N–H and O–H groups in total. The lowest BCUT2D eigenvalue weighted by Crippen LogP contribution is -2.23. The van der Waals surface area contributed by atoms with Crippen molar-refractivity contribution in [1.82, 2.24) is 0 Å². The van der Waals surface area contributed by atoms with Gasteiger partial charge in [0.15, 0.2) is 15.6 Å². The maximum atomic E-state index is 12.4. The van der Waals surface area contributed by atoms with Crippen LogP contribution in [0.2, 0.25) is 0 Å². The molecule has 0 aliphatic heterocycles. The van der Waals surface area contributed by atoms with E-state index in [0.29, 0.717) is 23.0 Å². The predicted molar refractivity (Wildman–Crippen MR) is 89.2 cm³/mol. The standard InChI is InChI=1S/C14H24N2O3S2/c1-6-16(7-2)14-13(21(18,19)8-3)10(15)12(20-14)11(17)9(4)5/h9H,6-8,15H2,1-5H3. The van der Waals surface area contributed by atoms with Gasteiger partial charge in [-0.15, -0.1) is 11.3 Å². The molecular formula is C14H24N2O3S2. The number of carbonyl (C=O) groups is 1. The maximum absolute atomic E-state index is 12.4. The molecule has 0 aliphatic rings. The van der Waals surface area contributed by atoms with Gasteiger partial charge in [0.25, 0.3) is 0 Å². The molecule has 0 bridgehead atoms. The molecule has 0 aliphatic carbocycles. The Kier molecular flexibility index (Phi) is 5.81. The topological polar surface area (TPSA) is 80.5 Å². The second kappa shape index (κ2) is 6.79. The molecule has 0 aromatic carbocycles. The zero-order valence-electron chi connectivity index (χ0n) is 13.3. The summed E-state index contributed by atoms with van der Waals surface area (Å²) in [6, 6.07) is 0. The van der Waals surface area contributed by atoms with Crippen LogP contribution >= 0.6 is 11.3 Å². The molecule has 5 nitrogen and oxygen atoms in total. The quantitative estimate of drug-likeness (QED) is 0.777. The first-order chi connectivity index (χ1) is 9.71. The van der Waals surface area contributed by atoms with Gasteiger partial charge in [-0.3, -0.25) is 4.79 Å². The van der Waals surface area contributed by atoms with E-state index in [1.807, 2.05) is 18.7 Å². The molecule has 1 aromatic rings. The van der Waals surface area contributed by atoms with Crippen LogP contribution in [-0.4, -0.2) is 33.0 Å². The maximum Gasteiger partial charge on any atom is 0.183 e. The zero-order chi connectivity index (χ0) is 16.4. The minimum atomic E-state index is -3.47. The van der Waals surface area contributed by atoms with Crippen LogP contribution in [0.4, 0.5) is 10.7 Å². The van der Waals surface area contributed by atoms with Crippen LogP contribution in [-0.2, 0) is 9.84 Å². The summed E-state index contributed by atoms with van der Waals surface area (Å²) >= 11 is 1.19. The highest BCUT2D eigenvalue weighted by molar-refractivity contribution is 7.92. The van der Waals surface area contributed by atoms with Gasteiger partial charge in [0.1, 0.15) is 9.90 Å². The largest absolute Gasteiger partial charge is 0.396 e. The number of thiophene rings is 1. The summed E-state index contributed by atoms with van der Waals surface area (Å²) in [7, 11) is -3.47. The van der Waals surface area contributed by atoms with Gasteiger partial charge in [-0.1, -0.05) is 20.8 Å². The van der Waals surface area contributed by atoms with Crippen molar-refractivity contribution in [2.24, 2.45) is 5.92 Å². The van der Waals surface area contributed by atoms with E-state index in [1.165, 1.54) is 11.3 Å². The normalized spacial score (nSPS) is 11.9. The number of ketones is 1. The van der Waals surface area contributed by atoms with Gasteiger partial charge in [-0.2, -0.15) is 0 Å². The molecule has 0 saturated carbocycles. The third kappa shape index (κ3) is 3.40. The lowest BCUT2D eigenvalue weighted by atomic mass is 10.1. The third-order valence-electron chi connectivity index (χ3n) is 3.37. The first-order valence-electron chi connectivity index (χ1n) is 7.15. The van der Waals surface area contributed by atoms with Gasteiger partial charge in [0.05, 0.1) is 16.3 Å². The number of anilines is 2. The third-order valence-corrected chi connectivity index (χ3v) is 6.58. The summed E-state index contributed by atoms with van der Waals surface area (Å²) in [5.41, 5.74) is 6.15. The molecule has 21 heavy (non-hydrogen) atoms. The lowest BCUT2D eigenvalue weighted by molar-refractivity contribution is 0.0944. The summed E-state index contributed by atoms with van der Waals surface area (Å²) in [4.78, 5) is 14.7. The van der Waals surface area contributed by atoms with Crippen LogP contribution in [0.15, 0.2) is 4.90 Å². The predicted octanol–water partition coefficient (Wildman–Crippen LogP) is 2.81. The smallest absolute Gasteiger partial charge is 0.183 e. The summed E-state index contributed by atoms with van der Waals surface area (Å²) in [5.74, 6) is -0.353.